The molecule has 1 rings (SSSR count). The Hall–Kier alpha value is -3.00. The van der Waals surface area contributed by atoms with Gasteiger partial charge in [-0.25, -0.2) is 4.39 Å². The molecule has 0 atom stereocenters. The summed E-state index contributed by atoms with van der Waals surface area (Å²) in [6.07, 6.45) is 0. The Labute approximate surface area is 101 Å². The zero-order valence-corrected chi connectivity index (χ0v) is 9.14. The number of hydrogen-bond donors (Lipinski definition) is 1. The highest BCUT2D eigenvalue weighted by molar-refractivity contribution is 6.10. The Bertz CT molecular complexity index is 573. The number of benzene rings is 1. The second-order valence-corrected chi connectivity index (χ2v) is 3.17. The van der Waals surface area contributed by atoms with E-state index < -0.39 is 16.5 Å². The molecule has 0 saturated heterocycles. The summed E-state index contributed by atoms with van der Waals surface area (Å²) in [6, 6.07) is 4.85. The van der Waals surface area contributed by atoms with Crippen LogP contribution in [0.5, 0.6) is 0 Å². The lowest BCUT2D eigenvalue weighted by molar-refractivity contribution is -0.385. The van der Waals surface area contributed by atoms with Gasteiger partial charge in [0.2, 0.25) is 5.71 Å². The first kappa shape index (κ1) is 13.1. The summed E-state index contributed by atoms with van der Waals surface area (Å²) in [5, 5.41) is 30.7. The molecule has 0 amide bonds. The van der Waals surface area contributed by atoms with Crippen molar-refractivity contribution in [3.63, 3.8) is 0 Å². The van der Waals surface area contributed by atoms with Crippen molar-refractivity contribution >= 4 is 17.1 Å². The van der Waals surface area contributed by atoms with Crippen LogP contribution in [-0.4, -0.2) is 10.6 Å². The van der Waals surface area contributed by atoms with E-state index in [1.54, 1.807) is 0 Å². The third kappa shape index (κ3) is 2.77. The first-order valence-corrected chi connectivity index (χ1v) is 4.58. The van der Waals surface area contributed by atoms with Crippen LogP contribution in [0.2, 0.25) is 0 Å². The molecule has 0 aliphatic rings. The molecule has 18 heavy (non-hydrogen) atoms. The first-order chi connectivity index (χ1) is 8.49. The van der Waals surface area contributed by atoms with Gasteiger partial charge in [-0.1, -0.05) is 0 Å². The largest absolute Gasteiger partial charge is 0.273 e. The average Bonchev–Trinajstić information content (AvgIpc) is 2.32. The van der Waals surface area contributed by atoms with E-state index in [0.717, 1.165) is 12.1 Å². The fourth-order valence-corrected chi connectivity index (χ4v) is 1.16. The number of anilines is 1. The van der Waals surface area contributed by atoms with Gasteiger partial charge < -0.3 is 0 Å². The standard InChI is InChI=1S/C10H6FN5O2/c1-6-2-8(16(17)18)3-9(11)10(6)15-14-7(4-12)5-13/h2-3,15H,1H3. The topological polar surface area (TPSA) is 115 Å². The highest BCUT2D eigenvalue weighted by Crippen LogP contribution is 2.25. The molecule has 0 fully saturated rings. The van der Waals surface area contributed by atoms with Crippen molar-refractivity contribution in [1.82, 2.24) is 0 Å². The smallest absolute Gasteiger partial charge is 0.272 e. The maximum absolute atomic E-state index is 13.5. The van der Waals surface area contributed by atoms with Crippen molar-refractivity contribution in [2.45, 2.75) is 6.92 Å². The fraction of sp³-hybridized carbons (Fsp3) is 0.100. The number of nitro benzene ring substituents is 1. The van der Waals surface area contributed by atoms with Crippen LogP contribution in [0.4, 0.5) is 15.8 Å². The van der Waals surface area contributed by atoms with Crippen LogP contribution in [0, 0.1) is 45.5 Å². The number of rotatable bonds is 3. The quantitative estimate of drug-likeness (QED) is 0.497. The third-order valence-corrected chi connectivity index (χ3v) is 1.97. The molecule has 0 aromatic heterocycles. The molecule has 0 radical (unpaired) electrons. The van der Waals surface area contributed by atoms with Gasteiger partial charge >= 0.3 is 0 Å². The Morgan fingerprint density at radius 2 is 2.11 bits per heavy atom. The van der Waals surface area contributed by atoms with E-state index >= 15 is 0 Å². The summed E-state index contributed by atoms with van der Waals surface area (Å²) < 4.78 is 13.5. The number of aryl methyl sites for hydroxylation is 1. The molecule has 7 nitrogen and oxygen atoms in total. The van der Waals surface area contributed by atoms with Crippen molar-refractivity contribution in [3.8, 4) is 12.1 Å². The second kappa shape index (κ2) is 5.37. The number of nitrogens with zero attached hydrogens (tertiary/aromatic N) is 4. The fourth-order valence-electron chi connectivity index (χ4n) is 1.16. The normalized spacial score (nSPS) is 8.89. The second-order valence-electron chi connectivity index (χ2n) is 3.17. The van der Waals surface area contributed by atoms with E-state index in [-0.39, 0.29) is 16.9 Å². The summed E-state index contributed by atoms with van der Waals surface area (Å²) in [7, 11) is 0. The minimum atomic E-state index is -0.888. The van der Waals surface area contributed by atoms with Crippen LogP contribution in [0.1, 0.15) is 5.56 Å². The molecule has 90 valence electrons. The Morgan fingerprint density at radius 1 is 1.50 bits per heavy atom. The molecule has 8 heteroatoms. The molecule has 1 aromatic rings. The number of nitrogens with one attached hydrogen (secondary N) is 1. The molecule has 0 saturated carbocycles. The van der Waals surface area contributed by atoms with E-state index in [0.29, 0.717) is 0 Å². The van der Waals surface area contributed by atoms with Crippen LogP contribution < -0.4 is 5.43 Å². The van der Waals surface area contributed by atoms with Crippen molar-refractivity contribution in [1.29, 1.82) is 10.5 Å². The minimum absolute atomic E-state index is 0.122. The Morgan fingerprint density at radius 3 is 2.56 bits per heavy atom. The first-order valence-electron chi connectivity index (χ1n) is 4.58. The lowest BCUT2D eigenvalue weighted by atomic mass is 10.2. The minimum Gasteiger partial charge on any atom is -0.273 e. The maximum atomic E-state index is 13.5. The van der Waals surface area contributed by atoms with E-state index in [1.165, 1.54) is 19.1 Å². The zero-order chi connectivity index (χ0) is 13.7. The molecule has 0 bridgehead atoms. The van der Waals surface area contributed by atoms with Crippen molar-refractivity contribution < 1.29 is 9.31 Å². The van der Waals surface area contributed by atoms with Gasteiger partial charge in [-0.15, -0.1) is 0 Å². The van der Waals surface area contributed by atoms with Gasteiger partial charge in [0.1, 0.15) is 12.1 Å². The van der Waals surface area contributed by atoms with Gasteiger partial charge in [-0.05, 0) is 12.5 Å². The van der Waals surface area contributed by atoms with Gasteiger partial charge in [0, 0.05) is 6.07 Å². The van der Waals surface area contributed by atoms with E-state index in [2.05, 4.69) is 10.5 Å². The third-order valence-electron chi connectivity index (χ3n) is 1.97. The molecule has 0 unspecified atom stereocenters. The van der Waals surface area contributed by atoms with Gasteiger partial charge in [0.15, 0.2) is 5.82 Å². The van der Waals surface area contributed by atoms with Gasteiger partial charge in [-0.3, -0.25) is 15.5 Å². The average molecular weight is 247 g/mol. The predicted molar refractivity (Wildman–Crippen MR) is 60.1 cm³/mol. The number of hydrazone groups is 1. The number of non-ortho nitro benzene ring substituents is 1. The van der Waals surface area contributed by atoms with Gasteiger partial charge in [-0.2, -0.15) is 15.6 Å². The molecule has 0 aliphatic carbocycles. The van der Waals surface area contributed by atoms with E-state index in [1.807, 2.05) is 0 Å². The molecular formula is C10H6FN5O2. The zero-order valence-electron chi connectivity index (χ0n) is 9.14. The van der Waals surface area contributed by atoms with E-state index in [9.17, 15) is 14.5 Å². The van der Waals surface area contributed by atoms with Crippen LogP contribution in [0.25, 0.3) is 0 Å². The molecular weight excluding hydrogens is 241 g/mol. The number of halogens is 1. The van der Waals surface area contributed by atoms with Gasteiger partial charge in [0.05, 0.1) is 16.7 Å². The number of hydrogen-bond acceptors (Lipinski definition) is 6. The maximum Gasteiger partial charge on any atom is 0.272 e. The number of nitriles is 2. The number of nitro groups is 1. The lowest BCUT2D eigenvalue weighted by Crippen LogP contribution is -2.01. The van der Waals surface area contributed by atoms with Crippen molar-refractivity contribution in [3.05, 3.63) is 33.6 Å². The molecule has 1 aromatic carbocycles. The summed E-state index contributed by atoms with van der Waals surface area (Å²) >= 11 is 0. The summed E-state index contributed by atoms with van der Waals surface area (Å²) in [6.45, 7) is 1.44. The highest BCUT2D eigenvalue weighted by Gasteiger charge is 2.14. The summed E-state index contributed by atoms with van der Waals surface area (Å²) in [5.41, 5.74) is 1.44. The SMILES string of the molecule is Cc1cc([N+](=O)[O-])cc(F)c1NN=C(C#N)C#N. The highest BCUT2D eigenvalue weighted by atomic mass is 19.1. The van der Waals surface area contributed by atoms with E-state index in [4.69, 9.17) is 10.5 Å². The van der Waals surface area contributed by atoms with Crippen LogP contribution in [0.15, 0.2) is 17.2 Å². The molecule has 1 N–H and O–H groups in total. The van der Waals surface area contributed by atoms with Gasteiger partial charge in [0.25, 0.3) is 5.69 Å². The van der Waals surface area contributed by atoms with Crippen LogP contribution in [0.3, 0.4) is 0 Å². The van der Waals surface area contributed by atoms with Crippen molar-refractivity contribution in [2.24, 2.45) is 5.10 Å². The van der Waals surface area contributed by atoms with Crippen LogP contribution >= 0.6 is 0 Å². The lowest BCUT2D eigenvalue weighted by Gasteiger charge is -2.05. The van der Waals surface area contributed by atoms with Crippen LogP contribution in [-0.2, 0) is 0 Å². The summed E-state index contributed by atoms with van der Waals surface area (Å²) in [4.78, 5) is 9.76. The monoisotopic (exact) mass is 247 g/mol. The Kier molecular flexibility index (Phi) is 3.89. The summed E-state index contributed by atoms with van der Waals surface area (Å²) in [5.74, 6) is -0.888. The van der Waals surface area contributed by atoms with Crippen molar-refractivity contribution in [2.75, 3.05) is 5.43 Å². The molecule has 0 heterocycles. The molecule has 0 aliphatic heterocycles. The predicted octanol–water partition coefficient (Wildman–Crippen LogP) is 1.86. The Balaban J connectivity index is 3.14. The molecule has 0 spiro atoms.